The fourth-order valence-electron chi connectivity index (χ4n) is 3.72. The molecule has 0 aliphatic carbocycles. The van der Waals surface area contributed by atoms with Gasteiger partial charge in [-0.1, -0.05) is 36.4 Å². The largest absolute Gasteiger partial charge is 0.386 e. The Morgan fingerprint density at radius 2 is 1.88 bits per heavy atom. The SMILES string of the molecule is CC1NC(N)=CC=C1CNC(=O)c1cncc(Cc2ccc(Cn3ccccc3=O)cc2)c1. The first-order valence-corrected chi connectivity index (χ1v) is 10.9. The third-order valence-electron chi connectivity index (χ3n) is 5.61. The molecule has 4 N–H and O–H groups in total. The molecule has 1 aliphatic heterocycles. The number of nitrogens with one attached hydrogen (secondary N) is 2. The molecule has 2 aromatic heterocycles. The first kappa shape index (κ1) is 22.1. The molecule has 3 aromatic rings. The third-order valence-corrected chi connectivity index (χ3v) is 5.61. The Hall–Kier alpha value is -4.13. The van der Waals surface area contributed by atoms with E-state index in [4.69, 9.17) is 5.73 Å². The number of dihydropyridines is 1. The molecule has 1 aliphatic rings. The molecule has 7 heteroatoms. The van der Waals surface area contributed by atoms with E-state index in [1.807, 2.05) is 49.4 Å². The molecule has 0 saturated carbocycles. The average Bonchev–Trinajstić information content (AvgIpc) is 2.81. The van der Waals surface area contributed by atoms with E-state index >= 15 is 0 Å². The maximum absolute atomic E-state index is 12.6. The standard InChI is InChI=1S/C26H27N5O2/c1-18-22(9-10-24(27)30-18)16-29-26(33)23-13-21(14-28-15-23)12-19-5-7-20(8-6-19)17-31-11-3-2-4-25(31)32/h2-11,13-15,18,30H,12,16-17,27H2,1H3,(H,29,33). The van der Waals surface area contributed by atoms with Crippen molar-refractivity contribution in [2.24, 2.45) is 5.73 Å². The van der Waals surface area contributed by atoms with Crippen LogP contribution >= 0.6 is 0 Å². The second-order valence-corrected chi connectivity index (χ2v) is 8.15. The maximum atomic E-state index is 12.6. The first-order valence-electron chi connectivity index (χ1n) is 10.9. The van der Waals surface area contributed by atoms with Crippen LogP contribution in [0.3, 0.4) is 0 Å². The lowest BCUT2D eigenvalue weighted by atomic mass is 10.0. The van der Waals surface area contributed by atoms with E-state index in [9.17, 15) is 9.59 Å². The number of amides is 1. The highest BCUT2D eigenvalue weighted by atomic mass is 16.1. The Morgan fingerprint density at radius 3 is 2.64 bits per heavy atom. The van der Waals surface area contributed by atoms with Gasteiger partial charge in [-0.25, -0.2) is 0 Å². The van der Waals surface area contributed by atoms with Gasteiger partial charge in [0.25, 0.3) is 11.5 Å². The summed E-state index contributed by atoms with van der Waals surface area (Å²) in [6.45, 7) is 2.97. The van der Waals surface area contributed by atoms with E-state index in [2.05, 4.69) is 15.6 Å². The molecular weight excluding hydrogens is 414 g/mol. The van der Waals surface area contributed by atoms with Crippen molar-refractivity contribution in [3.8, 4) is 0 Å². The smallest absolute Gasteiger partial charge is 0.253 e. The minimum Gasteiger partial charge on any atom is -0.386 e. The molecule has 7 nitrogen and oxygen atoms in total. The third kappa shape index (κ3) is 5.77. The molecule has 1 unspecified atom stereocenters. The van der Waals surface area contributed by atoms with Gasteiger partial charge < -0.3 is 20.9 Å². The predicted octanol–water partition coefficient (Wildman–Crippen LogP) is 2.33. The topological polar surface area (TPSA) is 102 Å². The van der Waals surface area contributed by atoms with E-state index in [1.165, 1.54) is 0 Å². The summed E-state index contributed by atoms with van der Waals surface area (Å²) in [5.74, 6) is 0.458. The Morgan fingerprint density at radius 1 is 1.09 bits per heavy atom. The Balaban J connectivity index is 1.37. The molecule has 0 saturated heterocycles. The second-order valence-electron chi connectivity index (χ2n) is 8.15. The van der Waals surface area contributed by atoms with Crippen molar-refractivity contribution >= 4 is 5.91 Å². The summed E-state index contributed by atoms with van der Waals surface area (Å²) in [4.78, 5) is 28.8. The van der Waals surface area contributed by atoms with Crippen LogP contribution in [0.5, 0.6) is 0 Å². The number of hydrogen-bond donors (Lipinski definition) is 3. The van der Waals surface area contributed by atoms with Crippen molar-refractivity contribution < 1.29 is 4.79 Å². The molecular formula is C26H27N5O2. The van der Waals surface area contributed by atoms with Crippen LogP contribution in [0.2, 0.25) is 0 Å². The highest BCUT2D eigenvalue weighted by Crippen LogP contribution is 2.13. The van der Waals surface area contributed by atoms with Gasteiger partial charge in [0.05, 0.1) is 17.9 Å². The number of pyridine rings is 2. The lowest BCUT2D eigenvalue weighted by molar-refractivity contribution is 0.0956. The van der Waals surface area contributed by atoms with E-state index in [-0.39, 0.29) is 17.5 Å². The van der Waals surface area contributed by atoms with Crippen molar-refractivity contribution in [3.63, 3.8) is 0 Å². The van der Waals surface area contributed by atoms with Gasteiger partial charge in [0.1, 0.15) is 0 Å². The molecule has 33 heavy (non-hydrogen) atoms. The van der Waals surface area contributed by atoms with Gasteiger partial charge in [-0.05, 0) is 53.8 Å². The zero-order chi connectivity index (χ0) is 23.2. The lowest BCUT2D eigenvalue weighted by Crippen LogP contribution is -2.38. The quantitative estimate of drug-likeness (QED) is 0.522. The van der Waals surface area contributed by atoms with Crippen molar-refractivity contribution in [1.82, 2.24) is 20.2 Å². The number of allylic oxidation sites excluding steroid dienone is 2. The summed E-state index contributed by atoms with van der Waals surface area (Å²) in [5, 5.41) is 6.09. The monoisotopic (exact) mass is 441 g/mol. The Kier molecular flexibility index (Phi) is 6.69. The number of carbonyl (C=O) groups excluding carboxylic acids is 1. The molecule has 1 aromatic carbocycles. The Labute approximate surface area is 192 Å². The molecule has 0 bridgehead atoms. The van der Waals surface area contributed by atoms with Crippen LogP contribution < -0.4 is 21.9 Å². The maximum Gasteiger partial charge on any atom is 0.253 e. The Bertz CT molecular complexity index is 1260. The molecule has 0 fully saturated rings. The molecule has 1 atom stereocenters. The fourth-order valence-corrected chi connectivity index (χ4v) is 3.72. The van der Waals surface area contributed by atoms with Crippen LogP contribution in [-0.2, 0) is 13.0 Å². The number of aromatic nitrogens is 2. The summed E-state index contributed by atoms with van der Waals surface area (Å²) < 4.78 is 1.67. The highest BCUT2D eigenvalue weighted by molar-refractivity contribution is 5.94. The molecule has 0 radical (unpaired) electrons. The fraction of sp³-hybridized carbons (Fsp3) is 0.192. The number of rotatable bonds is 7. The summed E-state index contributed by atoms with van der Waals surface area (Å²) in [6, 6.07) is 15.2. The summed E-state index contributed by atoms with van der Waals surface area (Å²) in [7, 11) is 0. The van der Waals surface area contributed by atoms with Gasteiger partial charge in [0, 0.05) is 37.2 Å². The molecule has 4 rings (SSSR count). The number of hydrogen-bond acceptors (Lipinski definition) is 5. The van der Waals surface area contributed by atoms with Crippen LogP contribution in [0.4, 0.5) is 0 Å². The van der Waals surface area contributed by atoms with Crippen LogP contribution in [0.1, 0.15) is 34.0 Å². The van der Waals surface area contributed by atoms with Crippen molar-refractivity contribution in [2.45, 2.75) is 25.9 Å². The van der Waals surface area contributed by atoms with E-state index < -0.39 is 0 Å². The van der Waals surface area contributed by atoms with Gasteiger partial charge in [-0.15, -0.1) is 0 Å². The minimum atomic E-state index is -0.163. The van der Waals surface area contributed by atoms with Crippen LogP contribution in [0, 0.1) is 0 Å². The predicted molar refractivity (Wildman–Crippen MR) is 129 cm³/mol. The van der Waals surface area contributed by atoms with Gasteiger partial charge >= 0.3 is 0 Å². The van der Waals surface area contributed by atoms with Gasteiger partial charge in [0.2, 0.25) is 0 Å². The molecule has 0 spiro atoms. The molecule has 1 amide bonds. The van der Waals surface area contributed by atoms with E-state index in [0.29, 0.717) is 30.9 Å². The number of carbonyl (C=O) groups is 1. The zero-order valence-electron chi connectivity index (χ0n) is 18.5. The zero-order valence-corrected chi connectivity index (χ0v) is 18.5. The van der Waals surface area contributed by atoms with Crippen LogP contribution in [0.25, 0.3) is 0 Å². The van der Waals surface area contributed by atoms with Gasteiger partial charge in [0.15, 0.2) is 0 Å². The lowest BCUT2D eigenvalue weighted by Gasteiger charge is -2.22. The van der Waals surface area contributed by atoms with E-state index in [0.717, 1.165) is 22.3 Å². The average molecular weight is 442 g/mol. The van der Waals surface area contributed by atoms with Gasteiger partial charge in [-0.3, -0.25) is 14.6 Å². The summed E-state index contributed by atoms with van der Waals surface area (Å²) in [6.07, 6.45) is 9.53. The summed E-state index contributed by atoms with van der Waals surface area (Å²) in [5.41, 5.74) is 10.4. The van der Waals surface area contributed by atoms with Gasteiger partial charge in [-0.2, -0.15) is 0 Å². The summed E-state index contributed by atoms with van der Waals surface area (Å²) >= 11 is 0. The van der Waals surface area contributed by atoms with Crippen molar-refractivity contribution in [1.29, 1.82) is 0 Å². The minimum absolute atomic E-state index is 0.0196. The number of nitrogens with zero attached hydrogens (tertiary/aromatic N) is 2. The van der Waals surface area contributed by atoms with Crippen LogP contribution in [0.15, 0.2) is 95.5 Å². The molecule has 168 valence electrons. The first-order chi connectivity index (χ1) is 16.0. The van der Waals surface area contributed by atoms with Crippen molar-refractivity contribution in [3.05, 3.63) is 123 Å². The van der Waals surface area contributed by atoms with E-state index in [1.54, 1.807) is 41.4 Å². The van der Waals surface area contributed by atoms with Crippen molar-refractivity contribution in [2.75, 3.05) is 6.54 Å². The second kappa shape index (κ2) is 9.99. The highest BCUT2D eigenvalue weighted by Gasteiger charge is 2.14. The normalized spacial score (nSPS) is 15.2. The van der Waals surface area contributed by atoms with Crippen LogP contribution in [-0.4, -0.2) is 28.0 Å². The number of benzene rings is 1. The number of nitrogens with two attached hydrogens (primary N) is 1. The molecule has 3 heterocycles.